The summed E-state index contributed by atoms with van der Waals surface area (Å²) >= 11 is 0. The van der Waals surface area contributed by atoms with Gasteiger partial charge in [-0.15, -0.1) is 0 Å². The van der Waals surface area contributed by atoms with Crippen LogP contribution >= 0.6 is 0 Å². The lowest BCUT2D eigenvalue weighted by Gasteiger charge is -2.31. The van der Waals surface area contributed by atoms with Crippen molar-refractivity contribution >= 4 is 9.84 Å². The van der Waals surface area contributed by atoms with E-state index in [1.54, 1.807) is 0 Å². The molecule has 0 saturated carbocycles. The molecular formula is C15H22N2O2S. The first kappa shape index (κ1) is 14.0. The second-order valence-electron chi connectivity index (χ2n) is 6.10. The van der Waals surface area contributed by atoms with Crippen molar-refractivity contribution in [3.8, 4) is 0 Å². The standard InChI is InChI=1S/C15H22N2O2S/c18-20(19)8-4-15(5-9-20)17-7-3-14(12-17)10-13-2-1-6-16-11-13/h1-2,6,11,14-15H,3-5,7-10,12H2. The van der Waals surface area contributed by atoms with Crippen LogP contribution in [0, 0.1) is 5.92 Å². The molecule has 2 aliphatic heterocycles. The molecule has 1 aromatic heterocycles. The molecule has 0 radical (unpaired) electrons. The van der Waals surface area contributed by atoms with Gasteiger partial charge in [-0.2, -0.15) is 0 Å². The monoisotopic (exact) mass is 294 g/mol. The van der Waals surface area contributed by atoms with Gasteiger partial charge in [0.15, 0.2) is 0 Å². The van der Waals surface area contributed by atoms with E-state index in [1.807, 2.05) is 18.5 Å². The number of hydrogen-bond acceptors (Lipinski definition) is 4. The Morgan fingerprint density at radius 2 is 2.05 bits per heavy atom. The Balaban J connectivity index is 1.52. The maximum atomic E-state index is 11.5. The largest absolute Gasteiger partial charge is 0.300 e. The topological polar surface area (TPSA) is 50.3 Å². The fourth-order valence-corrected chi connectivity index (χ4v) is 4.92. The average Bonchev–Trinajstić information content (AvgIpc) is 2.88. The first-order chi connectivity index (χ1) is 9.62. The highest BCUT2D eigenvalue weighted by Gasteiger charge is 2.32. The normalized spacial score (nSPS) is 27.7. The number of hydrogen-bond donors (Lipinski definition) is 0. The van der Waals surface area contributed by atoms with Gasteiger partial charge < -0.3 is 4.90 Å². The van der Waals surface area contributed by atoms with Crippen molar-refractivity contribution in [2.24, 2.45) is 5.92 Å². The van der Waals surface area contributed by atoms with Gasteiger partial charge >= 0.3 is 0 Å². The summed E-state index contributed by atoms with van der Waals surface area (Å²) in [5.41, 5.74) is 1.31. The van der Waals surface area contributed by atoms with Crippen LogP contribution in [-0.4, -0.2) is 48.9 Å². The van der Waals surface area contributed by atoms with E-state index in [4.69, 9.17) is 0 Å². The molecule has 0 N–H and O–H groups in total. The van der Waals surface area contributed by atoms with Gasteiger partial charge in [0.1, 0.15) is 9.84 Å². The number of rotatable bonds is 3. The van der Waals surface area contributed by atoms with E-state index in [-0.39, 0.29) is 0 Å². The zero-order valence-electron chi connectivity index (χ0n) is 11.7. The summed E-state index contributed by atoms with van der Waals surface area (Å²) in [4.78, 5) is 6.68. The molecule has 0 amide bonds. The van der Waals surface area contributed by atoms with Gasteiger partial charge in [-0.25, -0.2) is 8.42 Å². The van der Waals surface area contributed by atoms with Gasteiger partial charge in [0.25, 0.3) is 0 Å². The number of aromatic nitrogens is 1. The third kappa shape index (κ3) is 3.38. The van der Waals surface area contributed by atoms with E-state index in [0.717, 1.165) is 32.4 Å². The van der Waals surface area contributed by atoms with Crippen LogP contribution in [0.25, 0.3) is 0 Å². The van der Waals surface area contributed by atoms with Crippen molar-refractivity contribution < 1.29 is 8.42 Å². The zero-order chi connectivity index (χ0) is 14.0. The maximum absolute atomic E-state index is 11.5. The third-order valence-corrected chi connectivity index (χ3v) is 6.32. The fourth-order valence-electron chi connectivity index (χ4n) is 3.46. The molecule has 0 spiro atoms. The SMILES string of the molecule is O=S1(=O)CCC(N2CCC(Cc3cccnc3)C2)CC1. The van der Waals surface area contributed by atoms with Crippen LogP contribution in [0.3, 0.4) is 0 Å². The van der Waals surface area contributed by atoms with Gasteiger partial charge in [-0.05, 0) is 49.8 Å². The molecule has 4 nitrogen and oxygen atoms in total. The van der Waals surface area contributed by atoms with E-state index < -0.39 is 9.84 Å². The molecule has 0 bridgehead atoms. The van der Waals surface area contributed by atoms with E-state index in [9.17, 15) is 8.42 Å². The Bertz CT molecular complexity index is 530. The molecule has 1 aromatic rings. The summed E-state index contributed by atoms with van der Waals surface area (Å²) in [6.07, 6.45) is 7.72. The summed E-state index contributed by atoms with van der Waals surface area (Å²) in [7, 11) is -2.74. The lowest BCUT2D eigenvalue weighted by atomic mass is 10.00. The Kier molecular flexibility index (Phi) is 4.08. The van der Waals surface area contributed by atoms with Crippen molar-refractivity contribution in [2.45, 2.75) is 31.7 Å². The van der Waals surface area contributed by atoms with Gasteiger partial charge in [-0.3, -0.25) is 4.98 Å². The summed E-state index contributed by atoms with van der Waals surface area (Å²) in [5.74, 6) is 1.45. The van der Waals surface area contributed by atoms with Crippen LogP contribution in [0.1, 0.15) is 24.8 Å². The molecule has 0 aliphatic carbocycles. The highest BCUT2D eigenvalue weighted by atomic mass is 32.2. The molecule has 2 fully saturated rings. The molecule has 1 unspecified atom stereocenters. The number of pyridine rings is 1. The minimum absolute atomic E-state index is 0.376. The molecule has 2 saturated heterocycles. The summed E-state index contributed by atoms with van der Waals surface area (Å²) in [5, 5.41) is 0. The van der Waals surface area contributed by atoms with Crippen LogP contribution in [0.5, 0.6) is 0 Å². The second kappa shape index (κ2) is 5.82. The van der Waals surface area contributed by atoms with Crippen LogP contribution in [0.2, 0.25) is 0 Å². The molecule has 5 heteroatoms. The van der Waals surface area contributed by atoms with E-state index in [1.165, 1.54) is 12.0 Å². The Morgan fingerprint density at radius 1 is 1.25 bits per heavy atom. The first-order valence-electron chi connectivity index (χ1n) is 7.46. The van der Waals surface area contributed by atoms with Crippen LogP contribution in [0.15, 0.2) is 24.5 Å². The summed E-state index contributed by atoms with van der Waals surface area (Å²) < 4.78 is 23.0. The first-order valence-corrected chi connectivity index (χ1v) is 9.28. The smallest absolute Gasteiger partial charge is 0.150 e. The number of nitrogens with zero attached hydrogens (tertiary/aromatic N) is 2. The quantitative estimate of drug-likeness (QED) is 0.848. The average molecular weight is 294 g/mol. The predicted octanol–water partition coefficient (Wildman–Crippen LogP) is 1.52. The third-order valence-electron chi connectivity index (χ3n) is 4.60. The zero-order valence-corrected chi connectivity index (χ0v) is 12.6. The Hall–Kier alpha value is -0.940. The van der Waals surface area contributed by atoms with E-state index >= 15 is 0 Å². The van der Waals surface area contributed by atoms with Crippen molar-refractivity contribution in [1.82, 2.24) is 9.88 Å². The van der Waals surface area contributed by atoms with Crippen molar-refractivity contribution in [3.05, 3.63) is 30.1 Å². The van der Waals surface area contributed by atoms with E-state index in [0.29, 0.717) is 23.5 Å². The minimum atomic E-state index is -2.74. The Morgan fingerprint density at radius 3 is 2.75 bits per heavy atom. The molecule has 3 rings (SSSR count). The lowest BCUT2D eigenvalue weighted by Crippen LogP contribution is -2.40. The van der Waals surface area contributed by atoms with E-state index in [2.05, 4.69) is 16.0 Å². The molecule has 2 aliphatic rings. The molecule has 1 atom stereocenters. The number of sulfone groups is 1. The predicted molar refractivity (Wildman–Crippen MR) is 79.3 cm³/mol. The van der Waals surface area contributed by atoms with Crippen LogP contribution < -0.4 is 0 Å². The van der Waals surface area contributed by atoms with Crippen LogP contribution in [-0.2, 0) is 16.3 Å². The highest BCUT2D eigenvalue weighted by Crippen LogP contribution is 2.27. The minimum Gasteiger partial charge on any atom is -0.300 e. The molecular weight excluding hydrogens is 272 g/mol. The highest BCUT2D eigenvalue weighted by molar-refractivity contribution is 7.91. The van der Waals surface area contributed by atoms with Gasteiger partial charge in [0, 0.05) is 25.0 Å². The lowest BCUT2D eigenvalue weighted by molar-refractivity contribution is 0.218. The van der Waals surface area contributed by atoms with Gasteiger partial charge in [0.05, 0.1) is 11.5 Å². The number of likely N-dealkylation sites (tertiary alicyclic amines) is 1. The van der Waals surface area contributed by atoms with Gasteiger partial charge in [0.2, 0.25) is 0 Å². The molecule has 0 aromatic carbocycles. The Labute approximate surface area is 121 Å². The van der Waals surface area contributed by atoms with Gasteiger partial charge in [-0.1, -0.05) is 6.07 Å². The summed E-state index contributed by atoms with van der Waals surface area (Å²) in [6, 6.07) is 4.62. The van der Waals surface area contributed by atoms with Crippen molar-refractivity contribution in [2.75, 3.05) is 24.6 Å². The molecule has 110 valence electrons. The fraction of sp³-hybridized carbons (Fsp3) is 0.667. The maximum Gasteiger partial charge on any atom is 0.150 e. The second-order valence-corrected chi connectivity index (χ2v) is 8.40. The molecule has 3 heterocycles. The molecule has 20 heavy (non-hydrogen) atoms. The van der Waals surface area contributed by atoms with Crippen molar-refractivity contribution in [3.63, 3.8) is 0 Å². The van der Waals surface area contributed by atoms with Crippen LogP contribution in [0.4, 0.5) is 0 Å². The van der Waals surface area contributed by atoms with Crippen molar-refractivity contribution in [1.29, 1.82) is 0 Å². The summed E-state index contributed by atoms with van der Waals surface area (Å²) in [6.45, 7) is 2.23.